The molecule has 1 fully saturated rings. The van der Waals surface area contributed by atoms with Crippen molar-refractivity contribution in [3.8, 4) is 5.75 Å². The molecule has 0 bridgehead atoms. The molecule has 1 aromatic carbocycles. The van der Waals surface area contributed by atoms with Crippen LogP contribution in [0.3, 0.4) is 0 Å². The van der Waals surface area contributed by atoms with Crippen molar-refractivity contribution in [3.05, 3.63) is 53.9 Å². The molecule has 0 spiro atoms. The van der Waals surface area contributed by atoms with E-state index in [1.165, 1.54) is 0 Å². The summed E-state index contributed by atoms with van der Waals surface area (Å²) in [6, 6.07) is 10.8. The molecule has 1 aliphatic rings. The average Bonchev–Trinajstić information content (AvgIpc) is 3.15. The quantitative estimate of drug-likeness (QED) is 0.929. The molecule has 6 nitrogen and oxygen atoms in total. The number of amides is 2. The van der Waals surface area contributed by atoms with Crippen LogP contribution in [-0.4, -0.2) is 58.9 Å². The number of aromatic nitrogens is 1. The highest BCUT2D eigenvalue weighted by atomic mass is 16.5. The molecule has 0 radical (unpaired) electrons. The van der Waals surface area contributed by atoms with E-state index in [0.29, 0.717) is 37.4 Å². The molecular formula is C19H23N3O3. The second kappa shape index (κ2) is 7.42. The zero-order chi connectivity index (χ0) is 17.8. The fourth-order valence-corrected chi connectivity index (χ4v) is 2.88. The zero-order valence-corrected chi connectivity index (χ0v) is 14.6. The van der Waals surface area contributed by atoms with E-state index in [-0.39, 0.29) is 17.9 Å². The van der Waals surface area contributed by atoms with Crippen molar-refractivity contribution in [3.63, 3.8) is 0 Å². The van der Waals surface area contributed by atoms with Crippen molar-refractivity contribution in [1.82, 2.24) is 14.8 Å². The Labute approximate surface area is 147 Å². The molecule has 1 N–H and O–H groups in total. The minimum atomic E-state index is -0.0210. The van der Waals surface area contributed by atoms with Crippen LogP contribution in [0.1, 0.15) is 34.7 Å². The number of hydrogen-bond donors (Lipinski definition) is 1. The molecule has 2 heterocycles. The number of carbonyl (C=O) groups is 2. The molecule has 3 rings (SSSR count). The Morgan fingerprint density at radius 1 is 0.960 bits per heavy atom. The lowest BCUT2D eigenvalue weighted by Crippen LogP contribution is -2.50. The highest BCUT2D eigenvalue weighted by molar-refractivity contribution is 5.95. The number of carbonyl (C=O) groups excluding carboxylic acids is 2. The molecular weight excluding hydrogens is 318 g/mol. The van der Waals surface area contributed by atoms with Gasteiger partial charge in [-0.05, 0) is 50.2 Å². The van der Waals surface area contributed by atoms with Crippen molar-refractivity contribution < 1.29 is 14.3 Å². The largest absolute Gasteiger partial charge is 0.491 e. The number of nitrogens with zero attached hydrogens (tertiary/aromatic N) is 2. The number of nitrogens with one attached hydrogen (secondary N) is 1. The van der Waals surface area contributed by atoms with Gasteiger partial charge in [-0.3, -0.25) is 9.59 Å². The lowest BCUT2D eigenvalue weighted by molar-refractivity contribution is 0.0532. The van der Waals surface area contributed by atoms with E-state index in [9.17, 15) is 9.59 Å². The SMILES string of the molecule is CC(C)Oc1ccc(C(=O)N2CCN(C(=O)c3ccc[nH]3)CC2)cc1. The summed E-state index contributed by atoms with van der Waals surface area (Å²) in [5, 5.41) is 0. The molecule has 0 unspecified atom stereocenters. The van der Waals surface area contributed by atoms with Gasteiger partial charge in [0.1, 0.15) is 11.4 Å². The van der Waals surface area contributed by atoms with Crippen LogP contribution >= 0.6 is 0 Å². The van der Waals surface area contributed by atoms with Gasteiger partial charge in [0.05, 0.1) is 6.10 Å². The van der Waals surface area contributed by atoms with Crippen LogP contribution in [0.15, 0.2) is 42.6 Å². The fourth-order valence-electron chi connectivity index (χ4n) is 2.88. The second-order valence-electron chi connectivity index (χ2n) is 6.36. The molecule has 132 valence electrons. The number of piperazine rings is 1. The van der Waals surface area contributed by atoms with E-state index < -0.39 is 0 Å². The third-order valence-corrected chi connectivity index (χ3v) is 4.16. The molecule has 6 heteroatoms. The summed E-state index contributed by atoms with van der Waals surface area (Å²) in [5.74, 6) is 0.725. The lowest BCUT2D eigenvalue weighted by atomic mass is 10.1. The lowest BCUT2D eigenvalue weighted by Gasteiger charge is -2.34. The van der Waals surface area contributed by atoms with Gasteiger partial charge in [-0.15, -0.1) is 0 Å². The number of aromatic amines is 1. The normalized spacial score (nSPS) is 14.7. The molecule has 1 aromatic heterocycles. The first-order valence-corrected chi connectivity index (χ1v) is 8.53. The van der Waals surface area contributed by atoms with E-state index in [1.807, 2.05) is 26.0 Å². The van der Waals surface area contributed by atoms with Crippen LogP contribution in [0.2, 0.25) is 0 Å². The molecule has 25 heavy (non-hydrogen) atoms. The minimum absolute atomic E-state index is 0.0110. The average molecular weight is 341 g/mol. The Hall–Kier alpha value is -2.76. The third-order valence-electron chi connectivity index (χ3n) is 4.16. The topological polar surface area (TPSA) is 65.6 Å². The van der Waals surface area contributed by atoms with Gasteiger partial charge in [-0.2, -0.15) is 0 Å². The highest BCUT2D eigenvalue weighted by Gasteiger charge is 2.25. The molecule has 0 aliphatic carbocycles. The third kappa shape index (κ3) is 4.02. The van der Waals surface area contributed by atoms with Crippen LogP contribution < -0.4 is 4.74 Å². The van der Waals surface area contributed by atoms with E-state index in [0.717, 1.165) is 5.75 Å². The highest BCUT2D eigenvalue weighted by Crippen LogP contribution is 2.16. The van der Waals surface area contributed by atoms with Gasteiger partial charge < -0.3 is 19.5 Å². The van der Waals surface area contributed by atoms with Gasteiger partial charge in [-0.25, -0.2) is 0 Å². The predicted molar refractivity (Wildman–Crippen MR) is 94.8 cm³/mol. The predicted octanol–water partition coefficient (Wildman–Crippen LogP) is 2.40. The Kier molecular flexibility index (Phi) is 5.07. The van der Waals surface area contributed by atoms with Gasteiger partial charge in [0, 0.05) is 37.9 Å². The van der Waals surface area contributed by atoms with Gasteiger partial charge in [-0.1, -0.05) is 0 Å². The second-order valence-corrected chi connectivity index (χ2v) is 6.36. The Morgan fingerprint density at radius 2 is 1.56 bits per heavy atom. The smallest absolute Gasteiger partial charge is 0.270 e. The number of H-pyrrole nitrogens is 1. The van der Waals surface area contributed by atoms with Crippen molar-refractivity contribution >= 4 is 11.8 Å². The standard InChI is InChI=1S/C19H23N3O3/c1-14(2)25-16-7-5-15(6-8-16)18(23)21-10-12-22(13-11-21)19(24)17-4-3-9-20-17/h3-9,14,20H,10-13H2,1-2H3. The van der Waals surface area contributed by atoms with E-state index in [1.54, 1.807) is 40.3 Å². The monoisotopic (exact) mass is 341 g/mol. The molecule has 2 aromatic rings. The fraction of sp³-hybridized carbons (Fsp3) is 0.368. The van der Waals surface area contributed by atoms with Crippen LogP contribution in [0.5, 0.6) is 5.75 Å². The van der Waals surface area contributed by atoms with Crippen molar-refractivity contribution in [2.75, 3.05) is 26.2 Å². The van der Waals surface area contributed by atoms with Crippen LogP contribution in [0, 0.1) is 0 Å². The number of hydrogen-bond acceptors (Lipinski definition) is 3. The minimum Gasteiger partial charge on any atom is -0.491 e. The summed E-state index contributed by atoms with van der Waals surface area (Å²) in [6.45, 7) is 6.08. The Bertz CT molecular complexity index is 715. The first kappa shape index (κ1) is 17.1. The van der Waals surface area contributed by atoms with Gasteiger partial charge in [0.25, 0.3) is 11.8 Å². The van der Waals surface area contributed by atoms with Crippen LogP contribution in [0.4, 0.5) is 0 Å². The molecule has 0 atom stereocenters. The number of ether oxygens (including phenoxy) is 1. The summed E-state index contributed by atoms with van der Waals surface area (Å²) < 4.78 is 5.60. The Balaban J connectivity index is 1.57. The van der Waals surface area contributed by atoms with E-state index in [4.69, 9.17) is 4.74 Å². The molecule has 1 saturated heterocycles. The molecule has 0 saturated carbocycles. The van der Waals surface area contributed by atoms with Gasteiger partial charge in [0.15, 0.2) is 0 Å². The number of rotatable bonds is 4. The van der Waals surface area contributed by atoms with Crippen LogP contribution in [-0.2, 0) is 0 Å². The summed E-state index contributed by atoms with van der Waals surface area (Å²) >= 11 is 0. The summed E-state index contributed by atoms with van der Waals surface area (Å²) in [4.78, 5) is 31.4. The number of benzene rings is 1. The van der Waals surface area contributed by atoms with E-state index >= 15 is 0 Å². The van der Waals surface area contributed by atoms with Crippen molar-refractivity contribution in [2.24, 2.45) is 0 Å². The molecule has 2 amide bonds. The van der Waals surface area contributed by atoms with Gasteiger partial charge in [0.2, 0.25) is 0 Å². The zero-order valence-electron chi connectivity index (χ0n) is 14.6. The summed E-state index contributed by atoms with van der Waals surface area (Å²) in [7, 11) is 0. The maximum absolute atomic E-state index is 12.6. The Morgan fingerprint density at radius 3 is 2.08 bits per heavy atom. The van der Waals surface area contributed by atoms with Crippen molar-refractivity contribution in [2.45, 2.75) is 20.0 Å². The maximum atomic E-state index is 12.6. The van der Waals surface area contributed by atoms with E-state index in [2.05, 4.69) is 4.98 Å². The summed E-state index contributed by atoms with van der Waals surface area (Å²) in [5.41, 5.74) is 1.22. The van der Waals surface area contributed by atoms with Crippen molar-refractivity contribution in [1.29, 1.82) is 0 Å². The molecule has 1 aliphatic heterocycles. The first-order valence-electron chi connectivity index (χ1n) is 8.53. The first-order chi connectivity index (χ1) is 12.0. The summed E-state index contributed by atoms with van der Waals surface area (Å²) in [6.07, 6.45) is 1.84. The van der Waals surface area contributed by atoms with Gasteiger partial charge >= 0.3 is 0 Å². The maximum Gasteiger partial charge on any atom is 0.270 e. The van der Waals surface area contributed by atoms with Crippen LogP contribution in [0.25, 0.3) is 0 Å².